The molecule has 5 nitrogen and oxygen atoms in total. The molecule has 2 aromatic rings. The van der Waals surface area contributed by atoms with E-state index in [-0.39, 0.29) is 11.4 Å². The van der Waals surface area contributed by atoms with Crippen LogP contribution in [0.15, 0.2) is 58.6 Å². The third-order valence-electron chi connectivity index (χ3n) is 3.58. The molecule has 0 amide bonds. The first kappa shape index (κ1) is 19.4. The summed E-state index contributed by atoms with van der Waals surface area (Å²) < 4.78 is 27.3. The Labute approximate surface area is 153 Å². The summed E-state index contributed by atoms with van der Waals surface area (Å²) in [5.41, 5.74) is 2.54. The number of hydrogen-bond donors (Lipinski definition) is 1. The minimum Gasteiger partial charge on any atom is -0.399 e. The maximum atomic E-state index is 12.4. The molecule has 0 radical (unpaired) electrons. The Morgan fingerprint density at radius 3 is 2.32 bits per heavy atom. The highest BCUT2D eigenvalue weighted by Gasteiger charge is 2.16. The lowest BCUT2D eigenvalue weighted by Gasteiger charge is -2.10. The molecule has 134 valence electrons. The van der Waals surface area contributed by atoms with Gasteiger partial charge in [0.05, 0.1) is 11.4 Å². The van der Waals surface area contributed by atoms with E-state index in [0.717, 1.165) is 18.4 Å². The first-order valence-electron chi connectivity index (χ1n) is 7.91. The monoisotopic (exact) mass is 380 g/mol. The Balaban J connectivity index is 2.14. The number of halogens is 1. The van der Waals surface area contributed by atoms with Gasteiger partial charge in [-0.15, -0.1) is 0 Å². The molecule has 1 N–H and O–H groups in total. The predicted octanol–water partition coefficient (Wildman–Crippen LogP) is 3.62. The fourth-order valence-corrected chi connectivity index (χ4v) is 3.42. The molecule has 0 saturated heterocycles. The van der Waals surface area contributed by atoms with Crippen molar-refractivity contribution in [1.82, 2.24) is 4.72 Å². The summed E-state index contributed by atoms with van der Waals surface area (Å²) in [4.78, 5) is 5.00. The second kappa shape index (κ2) is 8.99. The van der Waals surface area contributed by atoms with Gasteiger partial charge in [-0.05, 0) is 36.2 Å². The SMILES string of the molecule is CCCc1ccc(C(CNS(=O)(=O)c2ccc(Cl)cc2)=NOC)cc1. The average Bonchev–Trinajstić information content (AvgIpc) is 2.60. The molecule has 0 spiro atoms. The topological polar surface area (TPSA) is 67.8 Å². The largest absolute Gasteiger partial charge is 0.399 e. The van der Waals surface area contributed by atoms with Crippen LogP contribution in [-0.2, 0) is 21.3 Å². The van der Waals surface area contributed by atoms with Crippen molar-refractivity contribution in [3.63, 3.8) is 0 Å². The van der Waals surface area contributed by atoms with Crippen molar-refractivity contribution in [3.05, 3.63) is 64.7 Å². The van der Waals surface area contributed by atoms with Gasteiger partial charge in [-0.1, -0.05) is 54.4 Å². The molecule has 0 heterocycles. The van der Waals surface area contributed by atoms with Gasteiger partial charge >= 0.3 is 0 Å². The molecule has 0 aromatic heterocycles. The van der Waals surface area contributed by atoms with Crippen LogP contribution in [0.1, 0.15) is 24.5 Å². The lowest BCUT2D eigenvalue weighted by atomic mass is 10.1. The Kier molecular flexibility index (Phi) is 6.99. The number of aryl methyl sites for hydroxylation is 1. The molecule has 0 atom stereocenters. The van der Waals surface area contributed by atoms with E-state index >= 15 is 0 Å². The highest BCUT2D eigenvalue weighted by atomic mass is 35.5. The first-order chi connectivity index (χ1) is 12.0. The van der Waals surface area contributed by atoms with Crippen molar-refractivity contribution in [2.45, 2.75) is 24.7 Å². The highest BCUT2D eigenvalue weighted by molar-refractivity contribution is 7.89. The summed E-state index contributed by atoms with van der Waals surface area (Å²) in [6.07, 6.45) is 2.07. The van der Waals surface area contributed by atoms with E-state index in [9.17, 15) is 8.42 Å². The maximum absolute atomic E-state index is 12.4. The molecule has 0 aliphatic rings. The minimum absolute atomic E-state index is 0.0198. The van der Waals surface area contributed by atoms with Crippen molar-refractivity contribution in [2.24, 2.45) is 5.16 Å². The van der Waals surface area contributed by atoms with E-state index in [1.165, 1.54) is 36.9 Å². The zero-order chi connectivity index (χ0) is 18.3. The molecule has 0 aliphatic heterocycles. The summed E-state index contributed by atoms with van der Waals surface area (Å²) >= 11 is 5.79. The Morgan fingerprint density at radius 2 is 1.76 bits per heavy atom. The Bertz CT molecular complexity index is 816. The quantitative estimate of drug-likeness (QED) is 0.561. The van der Waals surface area contributed by atoms with Crippen LogP contribution < -0.4 is 4.72 Å². The van der Waals surface area contributed by atoms with E-state index in [0.29, 0.717) is 10.7 Å². The van der Waals surface area contributed by atoms with Crippen molar-refractivity contribution in [2.75, 3.05) is 13.7 Å². The molecule has 0 unspecified atom stereocenters. The third kappa shape index (κ3) is 5.56. The molecular weight excluding hydrogens is 360 g/mol. The number of hydrogen-bond acceptors (Lipinski definition) is 4. The second-order valence-corrected chi connectivity index (χ2v) is 7.65. The van der Waals surface area contributed by atoms with Crippen molar-refractivity contribution >= 4 is 27.3 Å². The lowest BCUT2D eigenvalue weighted by molar-refractivity contribution is 0.213. The van der Waals surface area contributed by atoms with Crippen molar-refractivity contribution in [3.8, 4) is 0 Å². The van der Waals surface area contributed by atoms with Crippen LogP contribution in [0.3, 0.4) is 0 Å². The van der Waals surface area contributed by atoms with Gasteiger partial charge in [0, 0.05) is 10.6 Å². The number of rotatable bonds is 8. The number of benzene rings is 2. The maximum Gasteiger partial charge on any atom is 0.240 e. The summed E-state index contributed by atoms with van der Waals surface area (Å²) in [6.45, 7) is 2.14. The molecule has 0 aliphatic carbocycles. The minimum atomic E-state index is -3.66. The van der Waals surface area contributed by atoms with E-state index in [2.05, 4.69) is 16.8 Å². The molecule has 0 saturated carbocycles. The third-order valence-corrected chi connectivity index (χ3v) is 5.25. The van der Waals surface area contributed by atoms with Crippen LogP contribution in [-0.4, -0.2) is 27.8 Å². The molecule has 7 heteroatoms. The Hall–Kier alpha value is -1.89. The van der Waals surface area contributed by atoms with E-state index in [1.807, 2.05) is 24.3 Å². The van der Waals surface area contributed by atoms with E-state index in [1.54, 1.807) is 0 Å². The van der Waals surface area contributed by atoms with Crippen LogP contribution >= 0.6 is 11.6 Å². The van der Waals surface area contributed by atoms with Crippen LogP contribution in [0, 0.1) is 0 Å². The lowest BCUT2D eigenvalue weighted by Crippen LogP contribution is -2.30. The summed E-state index contributed by atoms with van der Waals surface area (Å²) in [7, 11) is -2.23. The van der Waals surface area contributed by atoms with Gasteiger partial charge in [-0.2, -0.15) is 0 Å². The van der Waals surface area contributed by atoms with Gasteiger partial charge in [-0.25, -0.2) is 13.1 Å². The molecular formula is C18H21ClN2O3S. The van der Waals surface area contributed by atoms with Crippen LogP contribution in [0.25, 0.3) is 0 Å². The fraction of sp³-hybridized carbons (Fsp3) is 0.278. The number of sulfonamides is 1. The molecule has 2 rings (SSSR count). The molecule has 2 aromatic carbocycles. The number of oxime groups is 1. The highest BCUT2D eigenvalue weighted by Crippen LogP contribution is 2.14. The van der Waals surface area contributed by atoms with Crippen molar-refractivity contribution < 1.29 is 13.3 Å². The smallest absolute Gasteiger partial charge is 0.240 e. The average molecular weight is 381 g/mol. The standard InChI is InChI=1S/C18H21ClN2O3S/c1-3-4-14-5-7-15(8-6-14)18(21-24-2)13-20-25(22,23)17-11-9-16(19)10-12-17/h5-12,20H,3-4,13H2,1-2H3. The van der Waals surface area contributed by atoms with Gasteiger partial charge in [0.1, 0.15) is 12.8 Å². The number of nitrogens with one attached hydrogen (secondary N) is 1. The first-order valence-corrected chi connectivity index (χ1v) is 9.77. The van der Waals surface area contributed by atoms with Crippen molar-refractivity contribution in [1.29, 1.82) is 0 Å². The molecule has 0 fully saturated rings. The van der Waals surface area contributed by atoms with Crippen LogP contribution in [0.2, 0.25) is 5.02 Å². The summed E-state index contributed by atoms with van der Waals surface area (Å²) in [5, 5.41) is 4.43. The van der Waals surface area contributed by atoms with Gasteiger partial charge in [0.15, 0.2) is 0 Å². The molecule has 0 bridgehead atoms. The van der Waals surface area contributed by atoms with E-state index < -0.39 is 10.0 Å². The summed E-state index contributed by atoms with van der Waals surface area (Å²) in [5.74, 6) is 0. The van der Waals surface area contributed by atoms with E-state index in [4.69, 9.17) is 16.4 Å². The van der Waals surface area contributed by atoms with Crippen LogP contribution in [0.4, 0.5) is 0 Å². The number of nitrogens with zero attached hydrogens (tertiary/aromatic N) is 1. The van der Waals surface area contributed by atoms with Crippen LogP contribution in [0.5, 0.6) is 0 Å². The van der Waals surface area contributed by atoms with Gasteiger partial charge in [0.2, 0.25) is 10.0 Å². The fourth-order valence-electron chi connectivity index (χ4n) is 2.31. The predicted molar refractivity (Wildman–Crippen MR) is 101 cm³/mol. The normalized spacial score (nSPS) is 12.2. The zero-order valence-corrected chi connectivity index (χ0v) is 15.8. The Morgan fingerprint density at radius 1 is 1.12 bits per heavy atom. The molecule has 25 heavy (non-hydrogen) atoms. The second-order valence-electron chi connectivity index (χ2n) is 5.45. The van der Waals surface area contributed by atoms with Gasteiger partial charge in [0.25, 0.3) is 0 Å². The van der Waals surface area contributed by atoms with Gasteiger partial charge < -0.3 is 4.84 Å². The zero-order valence-electron chi connectivity index (χ0n) is 14.2. The summed E-state index contributed by atoms with van der Waals surface area (Å²) in [6, 6.07) is 13.8. The van der Waals surface area contributed by atoms with Gasteiger partial charge in [-0.3, -0.25) is 0 Å².